The van der Waals surface area contributed by atoms with Crippen molar-refractivity contribution >= 4 is 0 Å². The molecular weight excluding hydrogens is 322 g/mol. The summed E-state index contributed by atoms with van der Waals surface area (Å²) in [7, 11) is 0. The zero-order valence-electron chi connectivity index (χ0n) is 15.7. The van der Waals surface area contributed by atoms with Crippen LogP contribution in [0.25, 0.3) is 0 Å². The van der Waals surface area contributed by atoms with E-state index in [9.17, 15) is 0 Å². The van der Waals surface area contributed by atoms with Gasteiger partial charge in [0.05, 0.1) is 5.69 Å². The van der Waals surface area contributed by atoms with Gasteiger partial charge in [0.15, 0.2) is 0 Å². The molecule has 0 aliphatic carbocycles. The molecule has 1 aliphatic heterocycles. The zero-order valence-corrected chi connectivity index (χ0v) is 15.7. The summed E-state index contributed by atoms with van der Waals surface area (Å²) in [5, 5.41) is 3.71. The molecule has 1 fully saturated rings. The maximum absolute atomic E-state index is 6.00. The number of ether oxygens (including phenoxy) is 1. The van der Waals surface area contributed by atoms with Gasteiger partial charge in [-0.1, -0.05) is 36.4 Å². The molecule has 0 saturated carbocycles. The van der Waals surface area contributed by atoms with Crippen molar-refractivity contribution in [2.75, 3.05) is 19.6 Å². The highest BCUT2D eigenvalue weighted by Crippen LogP contribution is 2.20. The Morgan fingerprint density at radius 3 is 2.69 bits per heavy atom. The standard InChI is InChI=1S/C22H29N3O/c1-18(2)16-25-13-10-20(11-14-25)24-15-19-7-3-4-9-22(19)26-17-21-8-5-6-12-23-21/h3-9,12,20,24H,1,10-11,13-17H2,2H3. The number of pyridine rings is 1. The average molecular weight is 351 g/mol. The van der Waals surface area contributed by atoms with Gasteiger partial charge in [-0.05, 0) is 51.1 Å². The van der Waals surface area contributed by atoms with Crippen LogP contribution >= 0.6 is 0 Å². The second-order valence-corrected chi connectivity index (χ2v) is 7.11. The fraction of sp³-hybridized carbons (Fsp3) is 0.409. The summed E-state index contributed by atoms with van der Waals surface area (Å²) >= 11 is 0. The minimum atomic E-state index is 0.497. The van der Waals surface area contributed by atoms with Crippen LogP contribution in [0.3, 0.4) is 0 Å². The number of aromatic nitrogens is 1. The predicted molar refractivity (Wildman–Crippen MR) is 106 cm³/mol. The van der Waals surface area contributed by atoms with E-state index in [1.54, 1.807) is 6.20 Å². The number of benzene rings is 1. The minimum absolute atomic E-state index is 0.497. The number of piperidine rings is 1. The Bertz CT molecular complexity index is 694. The first-order valence-corrected chi connectivity index (χ1v) is 9.41. The summed E-state index contributed by atoms with van der Waals surface area (Å²) in [5.41, 5.74) is 3.39. The molecule has 1 saturated heterocycles. The molecule has 2 heterocycles. The first-order chi connectivity index (χ1) is 12.7. The predicted octanol–water partition coefficient (Wildman–Crippen LogP) is 3.79. The minimum Gasteiger partial charge on any atom is -0.487 e. The summed E-state index contributed by atoms with van der Waals surface area (Å²) in [6.07, 6.45) is 4.17. The molecule has 3 rings (SSSR count). The van der Waals surface area contributed by atoms with E-state index >= 15 is 0 Å². The van der Waals surface area contributed by atoms with Gasteiger partial charge in [0.2, 0.25) is 0 Å². The molecule has 0 atom stereocenters. The number of likely N-dealkylation sites (tertiary alicyclic amines) is 1. The molecule has 1 aliphatic rings. The lowest BCUT2D eigenvalue weighted by Gasteiger charge is -2.32. The van der Waals surface area contributed by atoms with E-state index in [0.29, 0.717) is 12.6 Å². The Hall–Kier alpha value is -2.17. The highest BCUT2D eigenvalue weighted by molar-refractivity contribution is 5.33. The van der Waals surface area contributed by atoms with Gasteiger partial charge in [-0.2, -0.15) is 0 Å². The van der Waals surface area contributed by atoms with E-state index < -0.39 is 0 Å². The molecule has 26 heavy (non-hydrogen) atoms. The monoisotopic (exact) mass is 351 g/mol. The van der Waals surface area contributed by atoms with Crippen LogP contribution in [0, 0.1) is 0 Å². The maximum atomic E-state index is 6.00. The third kappa shape index (κ3) is 5.68. The molecule has 2 aromatic rings. The number of nitrogens with one attached hydrogen (secondary N) is 1. The summed E-state index contributed by atoms with van der Waals surface area (Å²) in [5.74, 6) is 0.936. The van der Waals surface area contributed by atoms with Gasteiger partial charge >= 0.3 is 0 Å². The highest BCUT2D eigenvalue weighted by atomic mass is 16.5. The van der Waals surface area contributed by atoms with Crippen LogP contribution in [0.15, 0.2) is 60.8 Å². The Kier molecular flexibility index (Phi) is 6.81. The van der Waals surface area contributed by atoms with Crippen molar-refractivity contribution in [3.63, 3.8) is 0 Å². The smallest absolute Gasteiger partial charge is 0.130 e. The molecule has 4 nitrogen and oxygen atoms in total. The van der Waals surface area contributed by atoms with Crippen LogP contribution in [0.1, 0.15) is 31.0 Å². The van der Waals surface area contributed by atoms with Crippen molar-refractivity contribution < 1.29 is 4.74 Å². The number of rotatable bonds is 8. The normalized spacial score (nSPS) is 15.7. The summed E-state index contributed by atoms with van der Waals surface area (Å²) in [4.78, 5) is 6.81. The van der Waals surface area contributed by atoms with Gasteiger partial charge < -0.3 is 10.1 Å². The van der Waals surface area contributed by atoms with Crippen molar-refractivity contribution in [2.45, 2.75) is 39.0 Å². The SMILES string of the molecule is C=C(C)CN1CCC(NCc2ccccc2OCc2ccccn2)CC1. The van der Waals surface area contributed by atoms with Gasteiger partial charge in [-0.15, -0.1) is 0 Å². The second kappa shape index (κ2) is 9.51. The first-order valence-electron chi connectivity index (χ1n) is 9.41. The van der Waals surface area contributed by atoms with Crippen molar-refractivity contribution in [3.8, 4) is 5.75 Å². The number of hydrogen-bond donors (Lipinski definition) is 1. The van der Waals surface area contributed by atoms with Gasteiger partial charge in [0, 0.05) is 30.9 Å². The quantitative estimate of drug-likeness (QED) is 0.734. The third-order valence-corrected chi connectivity index (χ3v) is 4.74. The van der Waals surface area contributed by atoms with Crippen LogP contribution in [0.2, 0.25) is 0 Å². The maximum Gasteiger partial charge on any atom is 0.130 e. The van der Waals surface area contributed by atoms with Crippen LogP contribution in [0.4, 0.5) is 0 Å². The van der Waals surface area contributed by atoms with Crippen molar-refractivity contribution in [1.29, 1.82) is 0 Å². The van der Waals surface area contributed by atoms with Gasteiger partial charge in [-0.3, -0.25) is 9.88 Å². The number of para-hydroxylation sites is 1. The van der Waals surface area contributed by atoms with E-state index in [2.05, 4.69) is 40.8 Å². The Morgan fingerprint density at radius 2 is 1.96 bits per heavy atom. The molecule has 1 aromatic heterocycles. The van der Waals surface area contributed by atoms with E-state index in [0.717, 1.165) is 37.6 Å². The molecule has 0 spiro atoms. The first kappa shape index (κ1) is 18.6. The lowest BCUT2D eigenvalue weighted by molar-refractivity contribution is 0.210. The molecule has 0 bridgehead atoms. The molecule has 0 unspecified atom stereocenters. The summed E-state index contributed by atoms with van der Waals surface area (Å²) in [6.45, 7) is 10.8. The molecule has 4 heteroatoms. The molecule has 1 aromatic carbocycles. The van der Waals surface area contributed by atoms with Crippen molar-refractivity contribution in [1.82, 2.24) is 15.2 Å². The van der Waals surface area contributed by atoms with E-state index in [-0.39, 0.29) is 0 Å². The van der Waals surface area contributed by atoms with E-state index in [1.165, 1.54) is 24.0 Å². The molecule has 0 radical (unpaired) electrons. The summed E-state index contributed by atoms with van der Waals surface area (Å²) < 4.78 is 6.00. The van der Waals surface area contributed by atoms with Crippen molar-refractivity contribution in [2.24, 2.45) is 0 Å². The van der Waals surface area contributed by atoms with Crippen LogP contribution < -0.4 is 10.1 Å². The fourth-order valence-corrected chi connectivity index (χ4v) is 3.36. The van der Waals surface area contributed by atoms with Crippen LogP contribution in [0.5, 0.6) is 5.75 Å². The highest BCUT2D eigenvalue weighted by Gasteiger charge is 2.18. The lowest BCUT2D eigenvalue weighted by Crippen LogP contribution is -2.42. The Morgan fingerprint density at radius 1 is 1.19 bits per heavy atom. The second-order valence-electron chi connectivity index (χ2n) is 7.11. The number of hydrogen-bond acceptors (Lipinski definition) is 4. The van der Waals surface area contributed by atoms with Gasteiger partial charge in [0.1, 0.15) is 12.4 Å². The molecule has 138 valence electrons. The third-order valence-electron chi connectivity index (χ3n) is 4.74. The Balaban J connectivity index is 1.49. The van der Waals surface area contributed by atoms with Gasteiger partial charge in [0.25, 0.3) is 0 Å². The van der Waals surface area contributed by atoms with E-state index in [4.69, 9.17) is 4.74 Å². The topological polar surface area (TPSA) is 37.4 Å². The number of nitrogens with zero attached hydrogens (tertiary/aromatic N) is 2. The Labute approximate surface area is 156 Å². The molecular formula is C22H29N3O. The van der Waals surface area contributed by atoms with Crippen LogP contribution in [-0.4, -0.2) is 35.6 Å². The van der Waals surface area contributed by atoms with Crippen molar-refractivity contribution in [3.05, 3.63) is 72.1 Å². The fourth-order valence-electron chi connectivity index (χ4n) is 3.36. The van der Waals surface area contributed by atoms with Gasteiger partial charge in [-0.25, -0.2) is 0 Å². The zero-order chi connectivity index (χ0) is 18.2. The summed E-state index contributed by atoms with van der Waals surface area (Å²) in [6, 6.07) is 14.7. The largest absolute Gasteiger partial charge is 0.487 e. The molecule has 0 amide bonds. The van der Waals surface area contributed by atoms with Crippen LogP contribution in [-0.2, 0) is 13.2 Å². The van der Waals surface area contributed by atoms with E-state index in [1.807, 2.05) is 30.3 Å². The average Bonchev–Trinajstić information content (AvgIpc) is 2.67. The lowest BCUT2D eigenvalue weighted by atomic mass is 10.0. The molecule has 1 N–H and O–H groups in total.